The van der Waals surface area contributed by atoms with Crippen LogP contribution in [0.4, 0.5) is 0 Å². The lowest BCUT2D eigenvalue weighted by atomic mass is 9.97. The van der Waals surface area contributed by atoms with Gasteiger partial charge < -0.3 is 14.2 Å². The Labute approximate surface area is 145 Å². The summed E-state index contributed by atoms with van der Waals surface area (Å²) >= 11 is 0. The van der Waals surface area contributed by atoms with E-state index in [1.54, 1.807) is 19.2 Å². The number of benzene rings is 3. The van der Waals surface area contributed by atoms with Crippen LogP contribution < -0.4 is 14.2 Å². The van der Waals surface area contributed by atoms with Gasteiger partial charge in [-0.3, -0.25) is 4.79 Å². The van der Waals surface area contributed by atoms with Gasteiger partial charge in [-0.1, -0.05) is 60.7 Å². The van der Waals surface area contributed by atoms with E-state index in [0.29, 0.717) is 22.8 Å². The fourth-order valence-electron chi connectivity index (χ4n) is 3.03. The molecule has 0 aromatic heterocycles. The van der Waals surface area contributed by atoms with Gasteiger partial charge in [0.25, 0.3) is 0 Å². The molecule has 1 aliphatic rings. The van der Waals surface area contributed by atoms with E-state index in [0.717, 1.165) is 17.4 Å². The first-order valence-electron chi connectivity index (χ1n) is 7.93. The van der Waals surface area contributed by atoms with E-state index in [1.165, 1.54) is 0 Å². The Morgan fingerprint density at radius 2 is 1.48 bits per heavy atom. The minimum Gasteiger partial charge on any atom is -0.493 e. The summed E-state index contributed by atoms with van der Waals surface area (Å²) in [6.45, 7) is 0. The predicted octanol–water partition coefficient (Wildman–Crippen LogP) is 4.18. The maximum absolute atomic E-state index is 11.2. The number of rotatable bonds is 4. The second-order valence-electron chi connectivity index (χ2n) is 5.72. The number of hydrogen-bond acceptors (Lipinski definition) is 4. The summed E-state index contributed by atoms with van der Waals surface area (Å²) in [5.41, 5.74) is 2.18. The van der Waals surface area contributed by atoms with E-state index in [9.17, 15) is 4.79 Å². The predicted molar refractivity (Wildman–Crippen MR) is 93.3 cm³/mol. The van der Waals surface area contributed by atoms with Crippen molar-refractivity contribution < 1.29 is 19.0 Å². The second-order valence-corrected chi connectivity index (χ2v) is 5.72. The van der Waals surface area contributed by atoms with Gasteiger partial charge in [0.15, 0.2) is 11.5 Å². The average Bonchev–Trinajstić information content (AvgIpc) is 3.09. The van der Waals surface area contributed by atoms with Crippen LogP contribution in [0.1, 0.15) is 21.5 Å². The maximum atomic E-state index is 11.2. The van der Waals surface area contributed by atoms with Crippen LogP contribution in [-0.4, -0.2) is 13.4 Å². The molecule has 0 spiro atoms. The van der Waals surface area contributed by atoms with E-state index in [4.69, 9.17) is 14.2 Å². The molecule has 0 fully saturated rings. The zero-order valence-electron chi connectivity index (χ0n) is 13.6. The van der Waals surface area contributed by atoms with Crippen LogP contribution in [0.3, 0.4) is 0 Å². The molecule has 1 aliphatic heterocycles. The van der Waals surface area contributed by atoms with Gasteiger partial charge >= 0.3 is 5.79 Å². The lowest BCUT2D eigenvalue weighted by Crippen LogP contribution is -2.36. The molecular formula is C21H16O4. The smallest absolute Gasteiger partial charge is 0.305 e. The van der Waals surface area contributed by atoms with Crippen LogP contribution in [0.15, 0.2) is 72.8 Å². The van der Waals surface area contributed by atoms with E-state index in [1.807, 2.05) is 60.7 Å². The van der Waals surface area contributed by atoms with E-state index in [2.05, 4.69) is 0 Å². The van der Waals surface area contributed by atoms with Gasteiger partial charge in [-0.05, 0) is 12.1 Å². The van der Waals surface area contributed by atoms with Gasteiger partial charge in [0.1, 0.15) is 6.29 Å². The summed E-state index contributed by atoms with van der Waals surface area (Å²) in [5, 5.41) is 0. The Morgan fingerprint density at radius 3 is 2.00 bits per heavy atom. The first kappa shape index (κ1) is 15.3. The fourth-order valence-corrected chi connectivity index (χ4v) is 3.03. The Morgan fingerprint density at radius 1 is 0.880 bits per heavy atom. The van der Waals surface area contributed by atoms with Gasteiger partial charge in [-0.25, -0.2) is 0 Å². The Balaban J connectivity index is 1.92. The van der Waals surface area contributed by atoms with Crippen molar-refractivity contribution in [1.29, 1.82) is 0 Å². The molecule has 0 saturated carbocycles. The minimum atomic E-state index is -1.13. The van der Waals surface area contributed by atoms with E-state index >= 15 is 0 Å². The third-order valence-corrected chi connectivity index (χ3v) is 4.21. The monoisotopic (exact) mass is 332 g/mol. The number of carbonyl (C=O) groups excluding carboxylic acids is 1. The molecular weight excluding hydrogens is 316 g/mol. The summed E-state index contributed by atoms with van der Waals surface area (Å²) in [4.78, 5) is 11.2. The van der Waals surface area contributed by atoms with Crippen molar-refractivity contribution in [1.82, 2.24) is 0 Å². The van der Waals surface area contributed by atoms with Gasteiger partial charge in [-0.2, -0.15) is 0 Å². The molecule has 0 amide bonds. The molecule has 4 nitrogen and oxygen atoms in total. The summed E-state index contributed by atoms with van der Waals surface area (Å²) in [7, 11) is 1.54. The number of methoxy groups -OCH3 is 1. The third kappa shape index (κ3) is 2.43. The number of carbonyl (C=O) groups is 1. The maximum Gasteiger partial charge on any atom is 0.305 e. The largest absolute Gasteiger partial charge is 0.493 e. The van der Waals surface area contributed by atoms with Gasteiger partial charge in [0.2, 0.25) is 5.75 Å². The molecule has 25 heavy (non-hydrogen) atoms. The molecule has 3 aromatic carbocycles. The highest BCUT2D eigenvalue weighted by atomic mass is 16.7. The Kier molecular flexibility index (Phi) is 3.65. The number of ether oxygens (including phenoxy) is 3. The molecule has 0 unspecified atom stereocenters. The normalized spacial score (nSPS) is 14.1. The Hall–Kier alpha value is -3.27. The van der Waals surface area contributed by atoms with Crippen molar-refractivity contribution in [3.8, 4) is 17.2 Å². The summed E-state index contributed by atoms with van der Waals surface area (Å²) in [6.07, 6.45) is 0.761. The lowest BCUT2D eigenvalue weighted by Gasteiger charge is -2.28. The van der Waals surface area contributed by atoms with Crippen molar-refractivity contribution in [2.75, 3.05) is 7.11 Å². The van der Waals surface area contributed by atoms with Crippen molar-refractivity contribution in [2.45, 2.75) is 5.79 Å². The summed E-state index contributed by atoms with van der Waals surface area (Å²) in [5.74, 6) is 0.308. The van der Waals surface area contributed by atoms with Crippen LogP contribution >= 0.6 is 0 Å². The van der Waals surface area contributed by atoms with Crippen molar-refractivity contribution >= 4 is 6.29 Å². The number of fused-ring (bicyclic) bond motifs is 1. The first-order chi connectivity index (χ1) is 12.3. The summed E-state index contributed by atoms with van der Waals surface area (Å²) in [6, 6.07) is 22.7. The molecule has 0 atom stereocenters. The molecule has 3 aromatic rings. The molecule has 0 radical (unpaired) electrons. The molecule has 0 bridgehead atoms. The second kappa shape index (κ2) is 5.98. The van der Waals surface area contributed by atoms with Gasteiger partial charge in [0, 0.05) is 16.7 Å². The van der Waals surface area contributed by atoms with Crippen molar-refractivity contribution in [3.05, 3.63) is 89.5 Å². The SMILES string of the molecule is COc1cc(C=O)cc2c1OC(c1ccccc1)(c1ccccc1)O2. The quantitative estimate of drug-likeness (QED) is 0.672. The number of hydrogen-bond donors (Lipinski definition) is 0. The zero-order chi connectivity index (χ0) is 17.3. The zero-order valence-corrected chi connectivity index (χ0v) is 13.6. The average molecular weight is 332 g/mol. The van der Waals surface area contributed by atoms with Crippen LogP contribution in [-0.2, 0) is 5.79 Å². The number of aldehydes is 1. The standard InChI is InChI=1S/C21H16O4/c1-23-18-12-15(14-22)13-19-20(18)25-21(24-19,16-8-4-2-5-9-16)17-10-6-3-7-11-17/h2-14H,1H3. The first-order valence-corrected chi connectivity index (χ1v) is 7.93. The molecule has 124 valence electrons. The van der Waals surface area contributed by atoms with Crippen LogP contribution in [0, 0.1) is 0 Å². The molecule has 4 heteroatoms. The van der Waals surface area contributed by atoms with E-state index < -0.39 is 5.79 Å². The van der Waals surface area contributed by atoms with E-state index in [-0.39, 0.29) is 0 Å². The minimum absolute atomic E-state index is 0.466. The highest BCUT2D eigenvalue weighted by Crippen LogP contribution is 2.52. The van der Waals surface area contributed by atoms with Crippen LogP contribution in [0.5, 0.6) is 17.2 Å². The van der Waals surface area contributed by atoms with Crippen molar-refractivity contribution in [2.24, 2.45) is 0 Å². The topological polar surface area (TPSA) is 44.8 Å². The fraction of sp³-hybridized carbons (Fsp3) is 0.0952. The molecule has 1 heterocycles. The third-order valence-electron chi connectivity index (χ3n) is 4.21. The Bertz CT molecular complexity index is 864. The lowest BCUT2D eigenvalue weighted by molar-refractivity contribution is -0.0467. The molecule has 0 N–H and O–H groups in total. The highest BCUT2D eigenvalue weighted by molar-refractivity contribution is 5.79. The molecule has 0 aliphatic carbocycles. The molecule has 0 saturated heterocycles. The highest BCUT2D eigenvalue weighted by Gasteiger charge is 2.46. The van der Waals surface area contributed by atoms with Gasteiger partial charge in [-0.15, -0.1) is 0 Å². The van der Waals surface area contributed by atoms with Gasteiger partial charge in [0.05, 0.1) is 7.11 Å². The summed E-state index contributed by atoms with van der Waals surface area (Å²) < 4.78 is 18.0. The molecule has 4 rings (SSSR count). The van der Waals surface area contributed by atoms with Crippen LogP contribution in [0.2, 0.25) is 0 Å². The van der Waals surface area contributed by atoms with Crippen LogP contribution in [0.25, 0.3) is 0 Å². The van der Waals surface area contributed by atoms with Crippen molar-refractivity contribution in [3.63, 3.8) is 0 Å².